The molecule has 20 nitrogen and oxygen atoms in total. The molecule has 0 N–H and O–H groups in total. The van der Waals surface area contributed by atoms with Gasteiger partial charge in [0.05, 0.1) is 93.6 Å². The first-order chi connectivity index (χ1) is 39.0. The second kappa shape index (κ2) is 29.4. The molecule has 0 aromatic rings. The normalized spacial score (nSPS) is 35.4. The van der Waals surface area contributed by atoms with Gasteiger partial charge in [-0.1, -0.05) is 103 Å². The van der Waals surface area contributed by atoms with Gasteiger partial charge in [-0.3, -0.25) is 47.9 Å². The van der Waals surface area contributed by atoms with Crippen molar-refractivity contribution >= 4 is 61.3 Å². The lowest BCUT2D eigenvalue weighted by atomic mass is 9.84. The first-order valence-corrected chi connectivity index (χ1v) is 28.9. The van der Waals surface area contributed by atoms with Crippen LogP contribution in [0.15, 0.2) is 60.8 Å². The Morgan fingerprint density at radius 2 is 0.753 bits per heavy atom. The summed E-state index contributed by atoms with van der Waals surface area (Å²) < 4.78 is 52.6. The van der Waals surface area contributed by atoms with Gasteiger partial charge in [-0.05, 0) is 94.6 Å². The van der Waals surface area contributed by atoms with Gasteiger partial charge in [0, 0.05) is 0 Å². The largest absolute Gasteiger partial charge is 0.469 e. The molecule has 10 bridgehead atoms. The van der Waals surface area contributed by atoms with Gasteiger partial charge < -0.3 is 47.4 Å². The van der Waals surface area contributed by atoms with Crippen molar-refractivity contribution in [1.82, 2.24) is 0 Å². The van der Waals surface area contributed by atoms with Crippen LogP contribution in [0.4, 0.5) is 0 Å². The molecule has 0 radical (unpaired) electrons. The minimum Gasteiger partial charge on any atom is -0.469 e. The zero-order chi connectivity index (χ0) is 58.9. The second-order valence-electron chi connectivity index (χ2n) is 21.9. The van der Waals surface area contributed by atoms with Crippen LogP contribution in [0.5, 0.6) is 0 Å². The van der Waals surface area contributed by atoms with E-state index in [0.717, 1.165) is 76.8 Å². The monoisotopic (exact) mass is 1130 g/mol. The molecule has 446 valence electrons. The van der Waals surface area contributed by atoms with E-state index in [1.54, 1.807) is 37.3 Å². The molecule has 10 rings (SSSR count). The van der Waals surface area contributed by atoms with E-state index in [1.165, 1.54) is 7.11 Å². The van der Waals surface area contributed by atoms with Gasteiger partial charge in [0.25, 0.3) is 0 Å². The standard InChI is InChI=1S/C16H24O4.C14H20O4.C12H16O4.C10H12O4.C9H10O4/c1-3-5-6-12(4-2)10-19-15(18)14-9-13-7-8-16(14,11-17)20-13;1-2-3-4-5-8-17-13(16)12-9-11-6-7-14(12,10-15)18-11;1-2-3-6-15-11(14)10-7-9-4-5-12(10,8-13)16-9;1-2-13-9(12)8-5-7-3-4-10(8,6-11)14-7;1-12-8(11)7-4-6-2-3-9(7,5-10)13-6/h7-8,11-14H,3-6,9-10H2,1-2H3;6-7,10-12H,2-5,8-9H2,1H3;4-5,8-10H,2-3,6-7H2,1H3;3-4,6-8H,2,5H2,1H3;2-3,5-7H,4H2,1H3. The van der Waals surface area contributed by atoms with Crippen molar-refractivity contribution in [3.8, 4) is 0 Å². The lowest BCUT2D eigenvalue weighted by molar-refractivity contribution is -0.156. The summed E-state index contributed by atoms with van der Waals surface area (Å²) in [6, 6.07) is 0. The van der Waals surface area contributed by atoms with Crippen LogP contribution in [-0.4, -0.2) is 153 Å². The zero-order valence-electron chi connectivity index (χ0n) is 47.6. The molecule has 0 spiro atoms. The van der Waals surface area contributed by atoms with Crippen molar-refractivity contribution in [2.75, 3.05) is 33.5 Å². The zero-order valence-corrected chi connectivity index (χ0v) is 47.6. The van der Waals surface area contributed by atoms with Crippen molar-refractivity contribution in [1.29, 1.82) is 0 Å². The van der Waals surface area contributed by atoms with Crippen LogP contribution in [-0.2, 0) is 95.3 Å². The summed E-state index contributed by atoms with van der Waals surface area (Å²) in [6.07, 6.45) is 33.9. The third kappa shape index (κ3) is 14.7. The summed E-state index contributed by atoms with van der Waals surface area (Å²) in [5.74, 6) is -3.53. The number of methoxy groups -OCH3 is 1. The lowest BCUT2D eigenvalue weighted by Crippen LogP contribution is -2.40. The maximum atomic E-state index is 12.2. The van der Waals surface area contributed by atoms with Crippen molar-refractivity contribution in [2.24, 2.45) is 35.5 Å². The van der Waals surface area contributed by atoms with E-state index in [2.05, 4.69) is 25.5 Å². The molecule has 0 aliphatic carbocycles. The fraction of sp³-hybridized carbons (Fsp3) is 0.672. The second-order valence-corrected chi connectivity index (χ2v) is 21.9. The van der Waals surface area contributed by atoms with Crippen LogP contribution in [0.2, 0.25) is 0 Å². The van der Waals surface area contributed by atoms with E-state index in [-0.39, 0.29) is 60.4 Å². The highest BCUT2D eigenvalue weighted by Crippen LogP contribution is 2.46. The van der Waals surface area contributed by atoms with Crippen LogP contribution >= 0.6 is 0 Å². The summed E-state index contributed by atoms with van der Waals surface area (Å²) in [4.78, 5) is 114. The molecule has 10 heterocycles. The van der Waals surface area contributed by atoms with Gasteiger partial charge in [-0.2, -0.15) is 0 Å². The molecule has 81 heavy (non-hydrogen) atoms. The Labute approximate surface area is 474 Å². The van der Waals surface area contributed by atoms with Gasteiger partial charge in [-0.15, -0.1) is 0 Å². The molecule has 10 aliphatic rings. The molecule has 0 aromatic heterocycles. The van der Waals surface area contributed by atoms with Crippen LogP contribution in [0.25, 0.3) is 0 Å². The first kappa shape index (κ1) is 64.4. The molecule has 0 amide bonds. The average Bonchev–Trinajstić information content (AvgIpc) is 4.54. The van der Waals surface area contributed by atoms with Crippen molar-refractivity contribution in [3.63, 3.8) is 0 Å². The molecular formula is C61H82O20. The minimum atomic E-state index is -1.06. The van der Waals surface area contributed by atoms with E-state index in [0.29, 0.717) is 83.3 Å². The van der Waals surface area contributed by atoms with E-state index >= 15 is 0 Å². The Kier molecular flexibility index (Phi) is 23.4. The number of ether oxygens (including phenoxy) is 10. The summed E-state index contributed by atoms with van der Waals surface area (Å²) in [7, 11) is 1.32. The van der Waals surface area contributed by atoms with E-state index in [4.69, 9.17) is 42.6 Å². The summed E-state index contributed by atoms with van der Waals surface area (Å²) in [5.41, 5.74) is -5.25. The Hall–Kier alpha value is -5.80. The van der Waals surface area contributed by atoms with E-state index in [9.17, 15) is 47.9 Å². The van der Waals surface area contributed by atoms with Crippen molar-refractivity contribution in [3.05, 3.63) is 60.8 Å². The molecule has 5 fully saturated rings. The third-order valence-electron chi connectivity index (χ3n) is 16.5. The number of aldehydes is 5. The van der Waals surface area contributed by atoms with Gasteiger partial charge in [-0.25, -0.2) is 0 Å². The SMILES string of the molecule is CCCCC(CC)COC(=O)C1CC2C=CC1(C=O)O2.CCCCCCOC(=O)C1CC2C=CC1(C=O)O2.CCCCOC(=O)C1CC2C=CC1(C=O)O2.CCOC(=O)C1CC2C=CC1(C=O)O2.COC(=O)C1CC2C=CC1(C=O)O2. The molecule has 0 aromatic carbocycles. The molecule has 20 heteroatoms. The number of hydrogen-bond donors (Lipinski definition) is 0. The number of hydrogen-bond acceptors (Lipinski definition) is 20. The summed E-state index contributed by atoms with van der Waals surface area (Å²) in [6.45, 7) is 11.8. The van der Waals surface area contributed by atoms with Crippen LogP contribution in [0.3, 0.4) is 0 Å². The topological polar surface area (TPSA) is 263 Å². The number of carbonyl (C=O) groups excluding carboxylic acids is 10. The third-order valence-corrected chi connectivity index (χ3v) is 16.5. The smallest absolute Gasteiger partial charge is 0.312 e. The van der Waals surface area contributed by atoms with E-state index in [1.807, 2.05) is 37.3 Å². The lowest BCUT2D eigenvalue weighted by Gasteiger charge is -2.24. The highest BCUT2D eigenvalue weighted by molar-refractivity contribution is 5.87. The molecule has 16 unspecified atom stereocenters. The van der Waals surface area contributed by atoms with Gasteiger partial charge in [0.15, 0.2) is 59.4 Å². The predicted octanol–water partition coefficient (Wildman–Crippen LogP) is 6.46. The van der Waals surface area contributed by atoms with Gasteiger partial charge >= 0.3 is 29.8 Å². The van der Waals surface area contributed by atoms with Crippen molar-refractivity contribution in [2.45, 2.75) is 189 Å². The maximum absolute atomic E-state index is 12.2. The van der Waals surface area contributed by atoms with Crippen LogP contribution in [0.1, 0.15) is 131 Å². The fourth-order valence-corrected chi connectivity index (χ4v) is 11.7. The molecular weight excluding hydrogens is 1050 g/mol. The first-order valence-electron chi connectivity index (χ1n) is 28.9. The maximum Gasteiger partial charge on any atom is 0.312 e. The minimum absolute atomic E-state index is 0.102. The Bertz CT molecular complexity index is 2390. The number of fused-ring (bicyclic) bond motifs is 10. The predicted molar refractivity (Wildman–Crippen MR) is 288 cm³/mol. The number of esters is 5. The number of carbonyl (C=O) groups is 10. The van der Waals surface area contributed by atoms with Gasteiger partial charge in [0.1, 0.15) is 0 Å². The number of unbranched alkanes of at least 4 members (excludes halogenated alkanes) is 5. The van der Waals surface area contributed by atoms with Crippen LogP contribution < -0.4 is 0 Å². The highest BCUT2D eigenvalue weighted by Gasteiger charge is 2.58. The number of rotatable bonds is 25. The molecule has 5 saturated heterocycles. The van der Waals surface area contributed by atoms with Gasteiger partial charge in [0.2, 0.25) is 0 Å². The molecule has 16 atom stereocenters. The van der Waals surface area contributed by atoms with E-state index < -0.39 is 57.6 Å². The fourth-order valence-electron chi connectivity index (χ4n) is 11.7. The summed E-state index contributed by atoms with van der Waals surface area (Å²) in [5, 5.41) is 0. The Balaban J connectivity index is 0.000000164. The highest BCUT2D eigenvalue weighted by atomic mass is 16.6. The molecule has 0 saturated carbocycles. The molecule has 10 aliphatic heterocycles. The van der Waals surface area contributed by atoms with Crippen LogP contribution in [0, 0.1) is 35.5 Å². The summed E-state index contributed by atoms with van der Waals surface area (Å²) >= 11 is 0. The average molecular weight is 1140 g/mol. The van der Waals surface area contributed by atoms with Crippen molar-refractivity contribution < 1.29 is 95.3 Å². The quantitative estimate of drug-likeness (QED) is 0.0312. The Morgan fingerprint density at radius 3 is 1.05 bits per heavy atom. The Morgan fingerprint density at radius 1 is 0.432 bits per heavy atom.